The summed E-state index contributed by atoms with van der Waals surface area (Å²) in [6, 6.07) is 3.38. The first-order valence-electron chi connectivity index (χ1n) is 6.24. The molecule has 0 atom stereocenters. The Hall–Kier alpha value is -0.430. The van der Waals surface area contributed by atoms with E-state index < -0.39 is 10.0 Å². The zero-order chi connectivity index (χ0) is 13.6. The standard InChI is InChI=1S/C12H22N2O2S2/c1-10(2)5-3-4-8-14-18(15,16)12-7-6-11(9-13)17-12/h6-7,10,14H,3-5,8-9,13H2,1-2H3. The molecule has 0 aliphatic carbocycles. The predicted octanol–water partition coefficient (Wildman–Crippen LogP) is 2.31. The summed E-state index contributed by atoms with van der Waals surface area (Å²) in [7, 11) is -3.34. The van der Waals surface area contributed by atoms with E-state index in [0.29, 0.717) is 23.2 Å². The van der Waals surface area contributed by atoms with Crippen molar-refractivity contribution in [1.82, 2.24) is 4.72 Å². The van der Waals surface area contributed by atoms with E-state index in [1.807, 2.05) is 0 Å². The molecule has 0 saturated carbocycles. The second-order valence-corrected chi connectivity index (χ2v) is 7.87. The van der Waals surface area contributed by atoms with Crippen molar-refractivity contribution in [3.8, 4) is 0 Å². The Morgan fingerprint density at radius 3 is 2.61 bits per heavy atom. The van der Waals surface area contributed by atoms with Gasteiger partial charge in [0.15, 0.2) is 0 Å². The van der Waals surface area contributed by atoms with Gasteiger partial charge in [0.2, 0.25) is 10.0 Å². The summed E-state index contributed by atoms with van der Waals surface area (Å²) in [5.74, 6) is 0.672. The molecular formula is C12H22N2O2S2. The molecule has 18 heavy (non-hydrogen) atoms. The molecule has 1 aromatic rings. The molecule has 1 aromatic heterocycles. The fourth-order valence-corrected chi connectivity index (χ4v) is 3.92. The van der Waals surface area contributed by atoms with Gasteiger partial charge < -0.3 is 5.73 Å². The highest BCUT2D eigenvalue weighted by molar-refractivity contribution is 7.91. The van der Waals surface area contributed by atoms with Crippen LogP contribution < -0.4 is 10.5 Å². The van der Waals surface area contributed by atoms with Gasteiger partial charge >= 0.3 is 0 Å². The number of sulfonamides is 1. The largest absolute Gasteiger partial charge is 0.326 e. The molecule has 0 amide bonds. The maximum atomic E-state index is 11.9. The molecule has 0 aliphatic heterocycles. The van der Waals surface area contributed by atoms with Gasteiger partial charge in [-0.1, -0.05) is 26.7 Å². The summed E-state index contributed by atoms with van der Waals surface area (Å²) in [5, 5.41) is 0. The normalized spacial score (nSPS) is 12.2. The van der Waals surface area contributed by atoms with E-state index in [9.17, 15) is 8.42 Å². The molecule has 0 bridgehead atoms. The molecule has 0 unspecified atom stereocenters. The van der Waals surface area contributed by atoms with Crippen molar-refractivity contribution in [3.05, 3.63) is 17.0 Å². The minimum atomic E-state index is -3.34. The number of nitrogens with one attached hydrogen (secondary N) is 1. The smallest absolute Gasteiger partial charge is 0.250 e. The van der Waals surface area contributed by atoms with Crippen LogP contribution >= 0.6 is 11.3 Å². The van der Waals surface area contributed by atoms with Crippen molar-refractivity contribution < 1.29 is 8.42 Å². The summed E-state index contributed by atoms with van der Waals surface area (Å²) >= 11 is 1.23. The Labute approximate surface area is 114 Å². The molecule has 0 fully saturated rings. The van der Waals surface area contributed by atoms with Crippen LogP contribution in [-0.4, -0.2) is 15.0 Å². The van der Waals surface area contributed by atoms with Crippen molar-refractivity contribution >= 4 is 21.4 Å². The van der Waals surface area contributed by atoms with Crippen LogP contribution in [0.4, 0.5) is 0 Å². The van der Waals surface area contributed by atoms with Gasteiger partial charge in [0, 0.05) is 18.0 Å². The molecule has 0 aliphatic rings. The number of hydrogen-bond acceptors (Lipinski definition) is 4. The minimum absolute atomic E-state index is 0.354. The van der Waals surface area contributed by atoms with E-state index in [4.69, 9.17) is 5.73 Å². The van der Waals surface area contributed by atoms with Crippen molar-refractivity contribution in [2.45, 2.75) is 43.9 Å². The van der Waals surface area contributed by atoms with Crippen LogP contribution in [0.2, 0.25) is 0 Å². The average Bonchev–Trinajstić information content (AvgIpc) is 2.77. The Morgan fingerprint density at radius 2 is 2.06 bits per heavy atom. The number of hydrogen-bond donors (Lipinski definition) is 2. The summed E-state index contributed by atoms with van der Waals surface area (Å²) < 4.78 is 26.8. The molecule has 6 heteroatoms. The van der Waals surface area contributed by atoms with E-state index in [0.717, 1.165) is 24.1 Å². The van der Waals surface area contributed by atoms with Crippen LogP contribution in [0.1, 0.15) is 38.0 Å². The van der Waals surface area contributed by atoms with Crippen molar-refractivity contribution in [3.63, 3.8) is 0 Å². The Balaban J connectivity index is 2.40. The molecule has 0 radical (unpaired) electrons. The number of rotatable bonds is 8. The second-order valence-electron chi connectivity index (χ2n) is 4.71. The third kappa shape index (κ3) is 5.06. The lowest BCUT2D eigenvalue weighted by Crippen LogP contribution is -2.24. The molecule has 1 heterocycles. The predicted molar refractivity (Wildman–Crippen MR) is 76.1 cm³/mol. The number of nitrogens with two attached hydrogens (primary N) is 1. The maximum Gasteiger partial charge on any atom is 0.250 e. The third-order valence-corrected chi connectivity index (χ3v) is 5.66. The summed E-state index contributed by atoms with van der Waals surface area (Å²) in [4.78, 5) is 0.884. The molecule has 104 valence electrons. The van der Waals surface area contributed by atoms with Crippen LogP contribution in [0.5, 0.6) is 0 Å². The lowest BCUT2D eigenvalue weighted by atomic mass is 10.1. The molecule has 4 nitrogen and oxygen atoms in total. The van der Waals surface area contributed by atoms with Crippen LogP contribution in [0.25, 0.3) is 0 Å². The van der Waals surface area contributed by atoms with Gasteiger partial charge in [-0.3, -0.25) is 0 Å². The van der Waals surface area contributed by atoms with Gasteiger partial charge in [0.05, 0.1) is 0 Å². The average molecular weight is 290 g/mol. The lowest BCUT2D eigenvalue weighted by Gasteiger charge is -2.06. The topological polar surface area (TPSA) is 72.2 Å². The van der Waals surface area contributed by atoms with Gasteiger partial charge in [0.1, 0.15) is 4.21 Å². The fraction of sp³-hybridized carbons (Fsp3) is 0.667. The monoisotopic (exact) mass is 290 g/mol. The van der Waals surface area contributed by atoms with E-state index in [1.165, 1.54) is 11.3 Å². The van der Waals surface area contributed by atoms with E-state index in [-0.39, 0.29) is 0 Å². The van der Waals surface area contributed by atoms with Crippen molar-refractivity contribution in [2.75, 3.05) is 6.54 Å². The van der Waals surface area contributed by atoms with Crippen LogP contribution in [-0.2, 0) is 16.6 Å². The van der Waals surface area contributed by atoms with E-state index >= 15 is 0 Å². The maximum absolute atomic E-state index is 11.9. The second kappa shape index (κ2) is 7.23. The van der Waals surface area contributed by atoms with E-state index in [1.54, 1.807) is 12.1 Å². The van der Waals surface area contributed by atoms with Crippen LogP contribution in [0.3, 0.4) is 0 Å². The highest BCUT2D eigenvalue weighted by atomic mass is 32.2. The highest BCUT2D eigenvalue weighted by Gasteiger charge is 2.15. The SMILES string of the molecule is CC(C)CCCCNS(=O)(=O)c1ccc(CN)s1. The summed E-state index contributed by atoms with van der Waals surface area (Å²) in [6.07, 6.45) is 3.07. The first kappa shape index (κ1) is 15.6. The summed E-state index contributed by atoms with van der Waals surface area (Å²) in [6.45, 7) is 5.23. The van der Waals surface area contributed by atoms with Gasteiger partial charge in [-0.2, -0.15) is 0 Å². The van der Waals surface area contributed by atoms with Crippen LogP contribution in [0, 0.1) is 5.92 Å². The van der Waals surface area contributed by atoms with Gasteiger partial charge in [0.25, 0.3) is 0 Å². The highest BCUT2D eigenvalue weighted by Crippen LogP contribution is 2.20. The molecule has 3 N–H and O–H groups in total. The summed E-state index contributed by atoms with van der Waals surface area (Å²) in [5.41, 5.74) is 5.47. The zero-order valence-corrected chi connectivity index (χ0v) is 12.6. The van der Waals surface area contributed by atoms with Crippen molar-refractivity contribution in [2.24, 2.45) is 11.7 Å². The number of thiophene rings is 1. The zero-order valence-electron chi connectivity index (χ0n) is 11.0. The minimum Gasteiger partial charge on any atom is -0.326 e. The van der Waals surface area contributed by atoms with E-state index in [2.05, 4.69) is 18.6 Å². The molecule has 0 saturated heterocycles. The Kier molecular flexibility index (Phi) is 6.28. The number of unbranched alkanes of at least 4 members (excludes halogenated alkanes) is 1. The molecule has 0 aromatic carbocycles. The first-order chi connectivity index (χ1) is 8.45. The lowest BCUT2D eigenvalue weighted by molar-refractivity contribution is 0.531. The first-order valence-corrected chi connectivity index (χ1v) is 8.54. The quantitative estimate of drug-likeness (QED) is 0.722. The van der Waals surface area contributed by atoms with Crippen LogP contribution in [0.15, 0.2) is 16.3 Å². The molecule has 0 spiro atoms. The van der Waals surface area contributed by atoms with Gasteiger partial charge in [-0.05, 0) is 24.5 Å². The molecule has 1 rings (SSSR count). The fourth-order valence-electron chi connectivity index (χ4n) is 1.57. The van der Waals surface area contributed by atoms with Gasteiger partial charge in [-0.25, -0.2) is 13.1 Å². The Bertz CT molecular complexity index is 452. The third-order valence-electron chi connectivity index (χ3n) is 2.60. The Morgan fingerprint density at radius 1 is 1.33 bits per heavy atom. The molecular weight excluding hydrogens is 268 g/mol. The van der Waals surface area contributed by atoms with Gasteiger partial charge in [-0.15, -0.1) is 11.3 Å². The van der Waals surface area contributed by atoms with Crippen molar-refractivity contribution in [1.29, 1.82) is 0 Å².